The van der Waals surface area contributed by atoms with Gasteiger partial charge < -0.3 is 0 Å². The summed E-state index contributed by atoms with van der Waals surface area (Å²) in [5, 5.41) is 8.13. The Morgan fingerprint density at radius 2 is 2.25 bits per heavy atom. The van der Waals surface area contributed by atoms with Crippen LogP contribution in [0.5, 0.6) is 0 Å². The summed E-state index contributed by atoms with van der Waals surface area (Å²) in [5.74, 6) is 0.756. The molecule has 2 rings (SSSR count). The van der Waals surface area contributed by atoms with Gasteiger partial charge in [0.15, 0.2) is 8.29 Å². The smallest absolute Gasteiger partial charge is 0.177 e. The molecular weight excluding hydrogens is 303 g/mol. The van der Waals surface area contributed by atoms with Gasteiger partial charge in [0, 0.05) is 15.8 Å². The Balaban J connectivity index is 2.07. The second kappa shape index (κ2) is 5.51. The van der Waals surface area contributed by atoms with E-state index in [1.165, 1.54) is 11.3 Å². The zero-order chi connectivity index (χ0) is 11.5. The normalized spacial score (nSPS) is 10.6. The van der Waals surface area contributed by atoms with Gasteiger partial charge in [0.05, 0.1) is 0 Å². The summed E-state index contributed by atoms with van der Waals surface area (Å²) in [6, 6.07) is 5.49. The lowest BCUT2D eigenvalue weighted by Gasteiger charge is -2.02. The van der Waals surface area contributed by atoms with Gasteiger partial charge in [-0.05, 0) is 29.9 Å². The molecule has 0 amide bonds. The molecule has 7 heteroatoms. The number of nitrogens with zero attached hydrogens (tertiary/aromatic N) is 1. The third-order valence-electron chi connectivity index (χ3n) is 1.78. The molecule has 1 aromatic heterocycles. The van der Waals surface area contributed by atoms with Gasteiger partial charge in [0.2, 0.25) is 0 Å². The highest BCUT2D eigenvalue weighted by Gasteiger charge is 2.04. The van der Waals surface area contributed by atoms with Gasteiger partial charge in [-0.2, -0.15) is 5.10 Å². The SMILES string of the molecule is S=c1[nH]nc(SCc2ccc(Cl)cc2Cl)s1. The van der Waals surface area contributed by atoms with Crippen molar-refractivity contribution in [3.63, 3.8) is 0 Å². The lowest BCUT2D eigenvalue weighted by molar-refractivity contribution is 1.00. The molecule has 0 aliphatic carbocycles. The topological polar surface area (TPSA) is 28.7 Å². The number of H-pyrrole nitrogens is 1. The van der Waals surface area contributed by atoms with Gasteiger partial charge in [-0.25, -0.2) is 0 Å². The maximum atomic E-state index is 6.06. The first-order valence-corrected chi connectivity index (χ1v) is 7.24. The van der Waals surface area contributed by atoms with Crippen LogP contribution in [0, 0.1) is 3.95 Å². The molecule has 0 aliphatic heterocycles. The quantitative estimate of drug-likeness (QED) is 0.652. The van der Waals surface area contributed by atoms with E-state index in [0.29, 0.717) is 14.0 Å². The highest BCUT2D eigenvalue weighted by molar-refractivity contribution is 8.00. The van der Waals surface area contributed by atoms with E-state index < -0.39 is 0 Å². The molecular formula is C9H6Cl2N2S3. The Morgan fingerprint density at radius 3 is 2.88 bits per heavy atom. The number of aromatic nitrogens is 2. The number of halogens is 2. The third kappa shape index (κ3) is 3.21. The van der Waals surface area contributed by atoms with Crippen molar-refractivity contribution in [1.82, 2.24) is 10.2 Å². The zero-order valence-electron chi connectivity index (χ0n) is 7.87. The lowest BCUT2D eigenvalue weighted by Crippen LogP contribution is -1.82. The molecule has 16 heavy (non-hydrogen) atoms. The van der Waals surface area contributed by atoms with Gasteiger partial charge in [0.1, 0.15) is 0 Å². The standard InChI is InChI=1S/C9H6Cl2N2S3/c10-6-2-1-5(7(11)3-6)4-15-9-13-12-8(14)16-9/h1-3H,4H2,(H,12,14). The Kier molecular flexibility index (Phi) is 4.27. The highest BCUT2D eigenvalue weighted by Crippen LogP contribution is 2.29. The van der Waals surface area contributed by atoms with E-state index in [1.54, 1.807) is 17.8 Å². The number of hydrogen-bond acceptors (Lipinski definition) is 4. The summed E-state index contributed by atoms with van der Waals surface area (Å²) in [5.41, 5.74) is 1.04. The van der Waals surface area contributed by atoms with Gasteiger partial charge in [-0.3, -0.25) is 5.10 Å². The predicted octanol–water partition coefficient (Wildman–Crippen LogP) is 4.80. The minimum absolute atomic E-state index is 0.647. The van der Waals surface area contributed by atoms with Crippen LogP contribution >= 0.6 is 58.5 Å². The third-order valence-corrected chi connectivity index (χ3v) is 4.65. The molecule has 1 N–H and O–H groups in total. The van der Waals surface area contributed by atoms with E-state index in [1.807, 2.05) is 12.1 Å². The summed E-state index contributed by atoms with van der Waals surface area (Å²) in [6.45, 7) is 0. The molecule has 0 radical (unpaired) electrons. The van der Waals surface area contributed by atoms with Crippen molar-refractivity contribution >= 4 is 58.5 Å². The van der Waals surface area contributed by atoms with Gasteiger partial charge in [-0.15, -0.1) is 0 Å². The van der Waals surface area contributed by atoms with E-state index in [9.17, 15) is 0 Å². The van der Waals surface area contributed by atoms with Gasteiger partial charge in [0.25, 0.3) is 0 Å². The molecule has 0 spiro atoms. The van der Waals surface area contributed by atoms with E-state index in [2.05, 4.69) is 10.2 Å². The van der Waals surface area contributed by atoms with Crippen molar-refractivity contribution in [2.45, 2.75) is 10.1 Å². The van der Waals surface area contributed by atoms with Crippen LogP contribution in [0.4, 0.5) is 0 Å². The second-order valence-electron chi connectivity index (χ2n) is 2.90. The monoisotopic (exact) mass is 308 g/mol. The van der Waals surface area contributed by atoms with Crippen LogP contribution < -0.4 is 0 Å². The minimum Gasteiger partial charge on any atom is -0.257 e. The van der Waals surface area contributed by atoms with Crippen molar-refractivity contribution in [2.24, 2.45) is 0 Å². The Labute approximate surface area is 116 Å². The summed E-state index contributed by atoms with van der Waals surface area (Å²) < 4.78 is 1.60. The number of benzene rings is 1. The van der Waals surface area contributed by atoms with Gasteiger partial charge in [-0.1, -0.05) is 52.4 Å². The largest absolute Gasteiger partial charge is 0.257 e. The van der Waals surface area contributed by atoms with Crippen LogP contribution in [0.2, 0.25) is 10.0 Å². The summed E-state index contributed by atoms with van der Waals surface area (Å²) in [6.07, 6.45) is 0. The van der Waals surface area contributed by atoms with Crippen LogP contribution in [-0.2, 0) is 5.75 Å². The van der Waals surface area contributed by atoms with E-state index >= 15 is 0 Å². The molecule has 2 nitrogen and oxygen atoms in total. The fraction of sp³-hybridized carbons (Fsp3) is 0.111. The maximum Gasteiger partial charge on any atom is 0.177 e. The first kappa shape index (κ1) is 12.4. The fourth-order valence-electron chi connectivity index (χ4n) is 1.06. The van der Waals surface area contributed by atoms with Crippen LogP contribution in [0.3, 0.4) is 0 Å². The maximum absolute atomic E-state index is 6.06. The number of nitrogens with one attached hydrogen (secondary N) is 1. The van der Waals surface area contributed by atoms with Crippen molar-refractivity contribution in [3.8, 4) is 0 Å². The summed E-state index contributed by atoms with van der Waals surface area (Å²) in [7, 11) is 0. The fourth-order valence-corrected chi connectivity index (χ4v) is 3.70. The Hall–Kier alpha value is -0.0700. The average Bonchev–Trinajstić information content (AvgIpc) is 2.63. The van der Waals surface area contributed by atoms with E-state index in [0.717, 1.165) is 15.7 Å². The number of rotatable bonds is 3. The van der Waals surface area contributed by atoms with E-state index in [4.69, 9.17) is 35.4 Å². The number of thioether (sulfide) groups is 1. The van der Waals surface area contributed by atoms with Crippen LogP contribution in [-0.4, -0.2) is 10.2 Å². The minimum atomic E-state index is 0.647. The first-order chi connectivity index (χ1) is 7.65. The van der Waals surface area contributed by atoms with Crippen molar-refractivity contribution in [3.05, 3.63) is 37.8 Å². The molecule has 0 fully saturated rings. The van der Waals surface area contributed by atoms with Crippen molar-refractivity contribution < 1.29 is 0 Å². The van der Waals surface area contributed by atoms with E-state index in [-0.39, 0.29) is 0 Å². The zero-order valence-corrected chi connectivity index (χ0v) is 11.8. The summed E-state index contributed by atoms with van der Waals surface area (Å²) >= 11 is 19.9. The van der Waals surface area contributed by atoms with Gasteiger partial charge >= 0.3 is 0 Å². The van der Waals surface area contributed by atoms with Crippen molar-refractivity contribution in [1.29, 1.82) is 0 Å². The Bertz CT molecular complexity index is 550. The average molecular weight is 309 g/mol. The van der Waals surface area contributed by atoms with Crippen LogP contribution in [0.25, 0.3) is 0 Å². The molecule has 2 aromatic rings. The molecule has 0 bridgehead atoms. The first-order valence-electron chi connectivity index (χ1n) is 4.27. The molecule has 0 saturated carbocycles. The molecule has 1 aromatic carbocycles. The molecule has 0 saturated heterocycles. The van der Waals surface area contributed by atoms with Crippen LogP contribution in [0.1, 0.15) is 5.56 Å². The highest BCUT2D eigenvalue weighted by atomic mass is 35.5. The molecule has 0 aliphatic rings. The molecule has 1 heterocycles. The Morgan fingerprint density at radius 1 is 1.44 bits per heavy atom. The molecule has 0 atom stereocenters. The number of hydrogen-bond donors (Lipinski definition) is 1. The number of aromatic amines is 1. The second-order valence-corrected chi connectivity index (χ2v) is 6.64. The predicted molar refractivity (Wildman–Crippen MR) is 73.3 cm³/mol. The summed E-state index contributed by atoms with van der Waals surface area (Å²) in [4.78, 5) is 0. The van der Waals surface area contributed by atoms with Crippen LogP contribution in [0.15, 0.2) is 22.5 Å². The molecule has 0 unspecified atom stereocenters. The lowest BCUT2D eigenvalue weighted by atomic mass is 10.2. The van der Waals surface area contributed by atoms with Crippen molar-refractivity contribution in [2.75, 3.05) is 0 Å². The molecule has 84 valence electrons.